The van der Waals surface area contributed by atoms with Gasteiger partial charge in [-0.1, -0.05) is 6.07 Å². The summed E-state index contributed by atoms with van der Waals surface area (Å²) in [5.74, 6) is 0. The average Bonchev–Trinajstić information content (AvgIpc) is 2.38. The minimum absolute atomic E-state index is 0.0441. The lowest BCUT2D eigenvalue weighted by molar-refractivity contribution is -0.00467. The number of hydrogen-bond donors (Lipinski definition) is 1. The molecule has 3 nitrogen and oxygen atoms in total. The van der Waals surface area contributed by atoms with E-state index < -0.39 is 0 Å². The number of nitrogens with zero attached hydrogens (tertiary/aromatic N) is 1. The maximum absolute atomic E-state index is 5.92. The van der Waals surface area contributed by atoms with E-state index in [0.717, 1.165) is 36.0 Å². The minimum Gasteiger partial charge on any atom is -0.377 e. The van der Waals surface area contributed by atoms with Crippen LogP contribution in [0.4, 0.5) is 5.69 Å². The molecule has 1 aliphatic rings. The molecule has 0 amide bonds. The van der Waals surface area contributed by atoms with Gasteiger partial charge in [0.1, 0.15) is 0 Å². The third-order valence-corrected chi connectivity index (χ3v) is 4.63. The Labute approximate surface area is 124 Å². The second-order valence-electron chi connectivity index (χ2n) is 5.68. The Kier molecular flexibility index (Phi) is 4.54. The molecule has 2 rings (SSSR count). The van der Waals surface area contributed by atoms with E-state index in [1.54, 1.807) is 7.11 Å². The Morgan fingerprint density at radius 3 is 2.79 bits per heavy atom. The zero-order valence-electron chi connectivity index (χ0n) is 11.9. The number of anilines is 1. The molecule has 2 atom stereocenters. The Hall–Kier alpha value is -0.580. The Balaban J connectivity index is 2.22. The third kappa shape index (κ3) is 3.30. The maximum atomic E-state index is 5.92. The smallest absolute Gasteiger partial charge is 0.0825 e. The van der Waals surface area contributed by atoms with Crippen molar-refractivity contribution in [2.45, 2.75) is 38.3 Å². The van der Waals surface area contributed by atoms with Crippen LogP contribution in [0, 0.1) is 0 Å². The standard InChI is InChI=1S/C15H23BrN2O/c1-11(17)12-5-6-14(13(16)9-12)18-8-4-7-15(2,10-18)19-3/h5-6,9,11H,4,7-8,10,17H2,1-3H3. The van der Waals surface area contributed by atoms with Gasteiger partial charge in [-0.25, -0.2) is 0 Å². The molecule has 0 spiro atoms. The van der Waals surface area contributed by atoms with Crippen molar-refractivity contribution in [1.29, 1.82) is 0 Å². The van der Waals surface area contributed by atoms with Crippen LogP contribution in [0.2, 0.25) is 0 Å². The lowest BCUT2D eigenvalue weighted by atomic mass is 9.94. The van der Waals surface area contributed by atoms with E-state index in [9.17, 15) is 0 Å². The number of hydrogen-bond acceptors (Lipinski definition) is 3. The summed E-state index contributed by atoms with van der Waals surface area (Å²) in [6.45, 7) is 6.20. The molecule has 0 bridgehead atoms. The third-order valence-electron chi connectivity index (χ3n) is 3.99. The van der Waals surface area contributed by atoms with Crippen molar-refractivity contribution >= 4 is 21.6 Å². The summed E-state index contributed by atoms with van der Waals surface area (Å²) >= 11 is 3.67. The number of nitrogens with two attached hydrogens (primary N) is 1. The van der Waals surface area contributed by atoms with E-state index in [-0.39, 0.29) is 11.6 Å². The Morgan fingerprint density at radius 2 is 2.21 bits per heavy atom. The molecular weight excluding hydrogens is 304 g/mol. The van der Waals surface area contributed by atoms with Crippen molar-refractivity contribution in [2.75, 3.05) is 25.1 Å². The molecule has 0 saturated carbocycles. The van der Waals surface area contributed by atoms with Crippen LogP contribution >= 0.6 is 15.9 Å². The zero-order valence-corrected chi connectivity index (χ0v) is 13.5. The fourth-order valence-corrected chi connectivity index (χ4v) is 3.29. The van der Waals surface area contributed by atoms with Crippen LogP contribution < -0.4 is 10.6 Å². The van der Waals surface area contributed by atoms with Crippen LogP contribution in [-0.2, 0) is 4.74 Å². The number of piperidine rings is 1. The van der Waals surface area contributed by atoms with E-state index in [4.69, 9.17) is 10.5 Å². The Morgan fingerprint density at radius 1 is 1.47 bits per heavy atom. The van der Waals surface area contributed by atoms with E-state index in [2.05, 4.69) is 46.0 Å². The number of ether oxygens (including phenoxy) is 1. The van der Waals surface area contributed by atoms with Crippen LogP contribution in [0.3, 0.4) is 0 Å². The number of halogens is 1. The van der Waals surface area contributed by atoms with Gasteiger partial charge in [0.05, 0.1) is 11.3 Å². The van der Waals surface area contributed by atoms with Crippen molar-refractivity contribution in [3.63, 3.8) is 0 Å². The zero-order chi connectivity index (χ0) is 14.0. The van der Waals surface area contributed by atoms with Gasteiger partial charge in [-0.05, 0) is 60.3 Å². The van der Waals surface area contributed by atoms with Crippen molar-refractivity contribution in [3.05, 3.63) is 28.2 Å². The van der Waals surface area contributed by atoms with Crippen LogP contribution in [0.25, 0.3) is 0 Å². The molecule has 1 aliphatic heterocycles. The van der Waals surface area contributed by atoms with E-state index in [1.165, 1.54) is 5.69 Å². The van der Waals surface area contributed by atoms with Gasteiger partial charge in [-0.2, -0.15) is 0 Å². The largest absolute Gasteiger partial charge is 0.377 e. The summed E-state index contributed by atoms with van der Waals surface area (Å²) in [6, 6.07) is 6.46. The van der Waals surface area contributed by atoms with E-state index in [0.29, 0.717) is 0 Å². The maximum Gasteiger partial charge on any atom is 0.0825 e. The SMILES string of the molecule is COC1(C)CCCN(c2ccc(C(C)N)cc2Br)C1. The number of rotatable bonds is 3. The Bertz CT molecular complexity index is 450. The van der Waals surface area contributed by atoms with E-state index >= 15 is 0 Å². The van der Waals surface area contributed by atoms with Crippen molar-refractivity contribution in [3.8, 4) is 0 Å². The molecule has 0 aromatic heterocycles. The first-order chi connectivity index (χ1) is 8.95. The van der Waals surface area contributed by atoms with Gasteiger partial charge in [0.25, 0.3) is 0 Å². The summed E-state index contributed by atoms with van der Waals surface area (Å²) < 4.78 is 6.77. The highest BCUT2D eigenvalue weighted by atomic mass is 79.9. The monoisotopic (exact) mass is 326 g/mol. The minimum atomic E-state index is -0.0441. The normalized spacial score (nSPS) is 25.4. The molecular formula is C15H23BrN2O. The predicted molar refractivity (Wildman–Crippen MR) is 83.6 cm³/mol. The van der Waals surface area contributed by atoms with Crippen LogP contribution in [0.5, 0.6) is 0 Å². The number of methoxy groups -OCH3 is 1. The molecule has 1 aromatic rings. The second-order valence-corrected chi connectivity index (χ2v) is 6.53. The van der Waals surface area contributed by atoms with Gasteiger partial charge in [-0.15, -0.1) is 0 Å². The molecule has 2 N–H and O–H groups in total. The highest BCUT2D eigenvalue weighted by Crippen LogP contribution is 2.33. The fourth-order valence-electron chi connectivity index (χ4n) is 2.64. The highest BCUT2D eigenvalue weighted by Gasteiger charge is 2.31. The molecule has 4 heteroatoms. The summed E-state index contributed by atoms with van der Waals surface area (Å²) in [4.78, 5) is 2.39. The molecule has 2 unspecified atom stereocenters. The predicted octanol–water partition coefficient (Wildman–Crippen LogP) is 3.47. The van der Waals surface area contributed by atoms with Gasteiger partial charge in [0.2, 0.25) is 0 Å². The van der Waals surface area contributed by atoms with Crippen LogP contribution in [0.1, 0.15) is 38.3 Å². The quantitative estimate of drug-likeness (QED) is 0.924. The first kappa shape index (κ1) is 14.8. The van der Waals surface area contributed by atoms with Crippen LogP contribution in [-0.4, -0.2) is 25.8 Å². The van der Waals surface area contributed by atoms with E-state index in [1.807, 2.05) is 6.92 Å². The second kappa shape index (κ2) is 5.81. The summed E-state index contributed by atoms with van der Waals surface area (Å²) in [7, 11) is 1.80. The first-order valence-corrected chi connectivity index (χ1v) is 7.59. The molecule has 106 valence electrons. The summed E-state index contributed by atoms with van der Waals surface area (Å²) in [6.07, 6.45) is 2.28. The van der Waals surface area contributed by atoms with Gasteiger partial charge in [0.15, 0.2) is 0 Å². The fraction of sp³-hybridized carbons (Fsp3) is 0.600. The van der Waals surface area contributed by atoms with Gasteiger partial charge >= 0.3 is 0 Å². The van der Waals surface area contributed by atoms with Crippen molar-refractivity contribution in [2.24, 2.45) is 5.73 Å². The molecule has 0 radical (unpaired) electrons. The average molecular weight is 327 g/mol. The number of benzene rings is 1. The molecule has 1 fully saturated rings. The highest BCUT2D eigenvalue weighted by molar-refractivity contribution is 9.10. The molecule has 1 heterocycles. The van der Waals surface area contributed by atoms with Gasteiger partial charge in [-0.3, -0.25) is 0 Å². The molecule has 1 aromatic carbocycles. The molecule has 1 saturated heterocycles. The first-order valence-electron chi connectivity index (χ1n) is 6.80. The van der Waals surface area contributed by atoms with Crippen molar-refractivity contribution in [1.82, 2.24) is 0 Å². The molecule has 19 heavy (non-hydrogen) atoms. The van der Waals surface area contributed by atoms with Gasteiger partial charge < -0.3 is 15.4 Å². The van der Waals surface area contributed by atoms with Crippen LogP contribution in [0.15, 0.2) is 22.7 Å². The topological polar surface area (TPSA) is 38.5 Å². The summed E-state index contributed by atoms with van der Waals surface area (Å²) in [5, 5.41) is 0. The lowest BCUT2D eigenvalue weighted by Crippen LogP contribution is -2.47. The van der Waals surface area contributed by atoms with Crippen molar-refractivity contribution < 1.29 is 4.74 Å². The summed E-state index contributed by atoms with van der Waals surface area (Å²) in [5.41, 5.74) is 8.26. The molecule has 0 aliphatic carbocycles. The van der Waals surface area contributed by atoms with Gasteiger partial charge in [0, 0.05) is 30.7 Å². The lowest BCUT2D eigenvalue weighted by Gasteiger charge is -2.41.